The standard InChI is InChI=1S/C14H21NOS/c1-4-6-12(2)15(3)11-14-9-8-13(17-14)7-5-10-16/h8-9,12,16H,4,6,10-11H2,1-3H3. The molecule has 1 aromatic heterocycles. The van der Waals surface area contributed by atoms with Crippen LogP contribution in [0.15, 0.2) is 12.1 Å². The van der Waals surface area contributed by atoms with E-state index in [4.69, 9.17) is 5.11 Å². The van der Waals surface area contributed by atoms with Crippen molar-refractivity contribution in [3.8, 4) is 11.8 Å². The van der Waals surface area contributed by atoms with E-state index in [1.165, 1.54) is 17.7 Å². The fourth-order valence-corrected chi connectivity index (χ4v) is 2.64. The molecule has 0 saturated heterocycles. The van der Waals surface area contributed by atoms with Crippen molar-refractivity contribution in [2.24, 2.45) is 0 Å². The van der Waals surface area contributed by atoms with Crippen LogP contribution in [0.25, 0.3) is 0 Å². The average Bonchev–Trinajstić information content (AvgIpc) is 2.74. The van der Waals surface area contributed by atoms with E-state index in [-0.39, 0.29) is 6.61 Å². The predicted octanol–water partition coefficient (Wildman–Crippen LogP) is 2.71. The summed E-state index contributed by atoms with van der Waals surface area (Å²) in [7, 11) is 2.17. The highest BCUT2D eigenvalue weighted by atomic mass is 32.1. The van der Waals surface area contributed by atoms with Crippen LogP contribution in [0.4, 0.5) is 0 Å². The number of hydrogen-bond acceptors (Lipinski definition) is 3. The summed E-state index contributed by atoms with van der Waals surface area (Å²) in [4.78, 5) is 4.74. The van der Waals surface area contributed by atoms with Gasteiger partial charge in [0, 0.05) is 17.5 Å². The highest BCUT2D eigenvalue weighted by molar-refractivity contribution is 7.12. The van der Waals surface area contributed by atoms with Gasteiger partial charge in [0.2, 0.25) is 0 Å². The number of aliphatic hydroxyl groups is 1. The van der Waals surface area contributed by atoms with Crippen molar-refractivity contribution in [2.45, 2.75) is 39.3 Å². The third kappa shape index (κ3) is 4.91. The fourth-order valence-electron chi connectivity index (χ4n) is 1.70. The maximum absolute atomic E-state index is 8.63. The first-order valence-electron chi connectivity index (χ1n) is 6.06. The SMILES string of the molecule is CCCC(C)N(C)Cc1ccc(C#CCO)s1. The van der Waals surface area contributed by atoms with Crippen LogP contribution < -0.4 is 0 Å². The lowest BCUT2D eigenvalue weighted by Gasteiger charge is -2.23. The normalized spacial score (nSPS) is 12.3. The molecule has 1 atom stereocenters. The zero-order valence-electron chi connectivity index (χ0n) is 10.9. The molecule has 3 heteroatoms. The first kappa shape index (κ1) is 14.2. The summed E-state index contributed by atoms with van der Waals surface area (Å²) < 4.78 is 0. The van der Waals surface area contributed by atoms with E-state index in [0.29, 0.717) is 6.04 Å². The van der Waals surface area contributed by atoms with Crippen LogP contribution >= 0.6 is 11.3 Å². The van der Waals surface area contributed by atoms with E-state index < -0.39 is 0 Å². The number of rotatable bonds is 5. The van der Waals surface area contributed by atoms with Crippen molar-refractivity contribution in [1.82, 2.24) is 4.90 Å². The highest BCUT2D eigenvalue weighted by Gasteiger charge is 2.09. The molecule has 94 valence electrons. The van der Waals surface area contributed by atoms with Crippen molar-refractivity contribution >= 4 is 11.3 Å². The molecule has 17 heavy (non-hydrogen) atoms. The van der Waals surface area contributed by atoms with Gasteiger partial charge in [-0.3, -0.25) is 4.90 Å². The second-order valence-electron chi connectivity index (χ2n) is 4.28. The molecule has 0 saturated carbocycles. The van der Waals surface area contributed by atoms with Crippen LogP contribution in [0, 0.1) is 11.8 Å². The Balaban J connectivity index is 2.54. The molecule has 1 unspecified atom stereocenters. The van der Waals surface area contributed by atoms with E-state index in [0.717, 1.165) is 11.4 Å². The third-order valence-electron chi connectivity index (χ3n) is 2.82. The van der Waals surface area contributed by atoms with Gasteiger partial charge < -0.3 is 5.11 Å². The molecule has 0 bridgehead atoms. The Hall–Kier alpha value is -0.820. The lowest BCUT2D eigenvalue weighted by molar-refractivity contribution is 0.239. The molecule has 0 fully saturated rings. The third-order valence-corrected chi connectivity index (χ3v) is 3.80. The van der Waals surface area contributed by atoms with Crippen LogP contribution in [0.3, 0.4) is 0 Å². The number of hydrogen-bond donors (Lipinski definition) is 1. The summed E-state index contributed by atoms with van der Waals surface area (Å²) in [5.41, 5.74) is 0. The Bertz CT molecular complexity index is 388. The lowest BCUT2D eigenvalue weighted by atomic mass is 10.2. The molecule has 0 aliphatic carbocycles. The van der Waals surface area contributed by atoms with Crippen LogP contribution in [-0.4, -0.2) is 29.7 Å². The van der Waals surface area contributed by atoms with Crippen LogP contribution in [0.2, 0.25) is 0 Å². The van der Waals surface area contributed by atoms with Gasteiger partial charge in [-0.25, -0.2) is 0 Å². The van der Waals surface area contributed by atoms with Crippen molar-refractivity contribution in [2.75, 3.05) is 13.7 Å². The summed E-state index contributed by atoms with van der Waals surface area (Å²) in [6.45, 7) is 5.40. The van der Waals surface area contributed by atoms with Gasteiger partial charge >= 0.3 is 0 Å². The van der Waals surface area contributed by atoms with Gasteiger partial charge in [0.15, 0.2) is 0 Å². The summed E-state index contributed by atoms with van der Waals surface area (Å²) in [5, 5.41) is 8.63. The van der Waals surface area contributed by atoms with Crippen LogP contribution in [0.5, 0.6) is 0 Å². The number of thiophene rings is 1. The predicted molar refractivity (Wildman–Crippen MR) is 74.1 cm³/mol. The quantitative estimate of drug-likeness (QED) is 0.813. The van der Waals surface area contributed by atoms with Crippen molar-refractivity contribution < 1.29 is 5.11 Å². The monoisotopic (exact) mass is 251 g/mol. The van der Waals surface area contributed by atoms with E-state index in [9.17, 15) is 0 Å². The molecule has 0 aliphatic heterocycles. The van der Waals surface area contributed by atoms with Gasteiger partial charge in [-0.2, -0.15) is 0 Å². The Morgan fingerprint density at radius 1 is 1.47 bits per heavy atom. The molecule has 0 amide bonds. The summed E-state index contributed by atoms with van der Waals surface area (Å²) in [5.74, 6) is 5.62. The van der Waals surface area contributed by atoms with Gasteiger partial charge in [0.25, 0.3) is 0 Å². The molecule has 1 rings (SSSR count). The molecule has 1 aromatic rings. The second-order valence-corrected chi connectivity index (χ2v) is 5.45. The minimum absolute atomic E-state index is 0.0688. The van der Waals surface area contributed by atoms with Crippen LogP contribution in [0.1, 0.15) is 36.4 Å². The molecule has 1 N–H and O–H groups in total. The molecular weight excluding hydrogens is 230 g/mol. The van der Waals surface area contributed by atoms with Gasteiger partial charge in [0.05, 0.1) is 4.88 Å². The molecule has 0 radical (unpaired) electrons. The minimum atomic E-state index is -0.0688. The lowest BCUT2D eigenvalue weighted by Crippen LogP contribution is -2.27. The largest absolute Gasteiger partial charge is 0.384 e. The zero-order chi connectivity index (χ0) is 12.7. The number of aliphatic hydroxyl groups excluding tert-OH is 1. The van der Waals surface area contributed by atoms with E-state index in [1.54, 1.807) is 11.3 Å². The van der Waals surface area contributed by atoms with E-state index in [1.807, 2.05) is 6.07 Å². The second kappa shape index (κ2) is 7.50. The maximum atomic E-state index is 8.63. The van der Waals surface area contributed by atoms with Gasteiger partial charge in [0.1, 0.15) is 6.61 Å². The fraction of sp³-hybridized carbons (Fsp3) is 0.571. The summed E-state index contributed by atoms with van der Waals surface area (Å²) in [6.07, 6.45) is 2.46. The Morgan fingerprint density at radius 2 is 2.24 bits per heavy atom. The first-order chi connectivity index (χ1) is 8.17. The first-order valence-corrected chi connectivity index (χ1v) is 6.87. The van der Waals surface area contributed by atoms with Gasteiger partial charge in [-0.15, -0.1) is 11.3 Å². The smallest absolute Gasteiger partial charge is 0.104 e. The van der Waals surface area contributed by atoms with Crippen molar-refractivity contribution in [3.05, 3.63) is 21.9 Å². The molecule has 0 aromatic carbocycles. The van der Waals surface area contributed by atoms with E-state index >= 15 is 0 Å². The molecular formula is C14H21NOS. The Labute approximate surface area is 108 Å². The molecule has 0 spiro atoms. The highest BCUT2D eigenvalue weighted by Crippen LogP contribution is 2.18. The average molecular weight is 251 g/mol. The maximum Gasteiger partial charge on any atom is 0.104 e. The van der Waals surface area contributed by atoms with Gasteiger partial charge in [-0.05, 0) is 32.5 Å². The Morgan fingerprint density at radius 3 is 2.88 bits per heavy atom. The summed E-state index contributed by atoms with van der Waals surface area (Å²) in [6, 6.07) is 4.77. The summed E-state index contributed by atoms with van der Waals surface area (Å²) >= 11 is 1.71. The molecule has 2 nitrogen and oxygen atoms in total. The minimum Gasteiger partial charge on any atom is -0.384 e. The topological polar surface area (TPSA) is 23.5 Å². The molecule has 0 aliphatic rings. The number of nitrogens with zero attached hydrogens (tertiary/aromatic N) is 1. The van der Waals surface area contributed by atoms with Gasteiger partial charge in [-0.1, -0.05) is 25.2 Å². The molecule has 1 heterocycles. The Kier molecular flexibility index (Phi) is 6.28. The zero-order valence-corrected chi connectivity index (χ0v) is 11.7. The van der Waals surface area contributed by atoms with Crippen molar-refractivity contribution in [1.29, 1.82) is 0 Å². The van der Waals surface area contributed by atoms with E-state index in [2.05, 4.69) is 43.7 Å². The van der Waals surface area contributed by atoms with Crippen molar-refractivity contribution in [3.63, 3.8) is 0 Å². The van der Waals surface area contributed by atoms with Crippen LogP contribution in [-0.2, 0) is 6.54 Å².